The molecule has 0 aliphatic carbocycles. The molecule has 130 valence electrons. The molecule has 4 aromatic rings. The molecule has 0 aromatic carbocycles. The maximum atomic E-state index is 4.85. The van der Waals surface area contributed by atoms with Crippen molar-refractivity contribution in [3.63, 3.8) is 0 Å². The van der Waals surface area contributed by atoms with E-state index in [1.807, 2.05) is 48.9 Å². The van der Waals surface area contributed by atoms with Crippen molar-refractivity contribution in [3.05, 3.63) is 66.3 Å². The smallest absolute Gasteiger partial charge is 0.226 e. The van der Waals surface area contributed by atoms with Crippen molar-refractivity contribution in [3.8, 4) is 21.8 Å². The molecule has 0 saturated heterocycles. The van der Waals surface area contributed by atoms with E-state index in [2.05, 4.69) is 31.7 Å². The van der Waals surface area contributed by atoms with Crippen LogP contribution in [-0.2, 0) is 13.6 Å². The van der Waals surface area contributed by atoms with Crippen LogP contribution in [0.1, 0.15) is 5.69 Å². The average Bonchev–Trinajstić information content (AvgIpc) is 3.34. The lowest BCUT2D eigenvalue weighted by Gasteiger charge is -2.19. The molecule has 0 saturated carbocycles. The topological polar surface area (TPSA) is 59.7 Å². The first-order valence-corrected chi connectivity index (χ1v) is 9.09. The highest BCUT2D eigenvalue weighted by Gasteiger charge is 2.16. The molecular weight excluding hydrogens is 344 g/mol. The van der Waals surface area contributed by atoms with E-state index < -0.39 is 0 Å². The lowest BCUT2D eigenvalue weighted by atomic mass is 10.1. The predicted octanol–water partition coefficient (Wildman–Crippen LogP) is 3.64. The first-order chi connectivity index (χ1) is 12.7. The van der Waals surface area contributed by atoms with Crippen molar-refractivity contribution < 1.29 is 0 Å². The number of hydrogen-bond donors (Lipinski definition) is 0. The number of hydrogen-bond acceptors (Lipinski definition) is 6. The van der Waals surface area contributed by atoms with Gasteiger partial charge in [0, 0.05) is 50.1 Å². The van der Waals surface area contributed by atoms with Gasteiger partial charge in [0.15, 0.2) is 0 Å². The SMILES string of the molecule is CN(Cc1cccn1C)c1ncc(-c2cnccn2)c(-c2cccs2)n1. The number of anilines is 1. The summed E-state index contributed by atoms with van der Waals surface area (Å²) in [7, 11) is 4.04. The van der Waals surface area contributed by atoms with Gasteiger partial charge in [-0.2, -0.15) is 0 Å². The fourth-order valence-electron chi connectivity index (χ4n) is 2.76. The molecule has 26 heavy (non-hydrogen) atoms. The number of nitrogens with zero attached hydrogens (tertiary/aromatic N) is 6. The van der Waals surface area contributed by atoms with Gasteiger partial charge in [0.1, 0.15) is 0 Å². The highest BCUT2D eigenvalue weighted by molar-refractivity contribution is 7.13. The Hall–Kier alpha value is -3.06. The standard InChI is InChI=1S/C19H18N6S/c1-24-9-3-5-14(24)13-25(2)19-22-11-15(16-12-20-7-8-21-16)18(23-19)17-6-4-10-26-17/h3-12H,13H2,1-2H3. The van der Waals surface area contributed by atoms with Crippen molar-refractivity contribution >= 4 is 17.3 Å². The second kappa shape index (κ2) is 7.05. The molecule has 4 aromatic heterocycles. The zero-order valence-electron chi connectivity index (χ0n) is 14.6. The van der Waals surface area contributed by atoms with Crippen LogP contribution in [0, 0.1) is 0 Å². The summed E-state index contributed by atoms with van der Waals surface area (Å²) in [6.45, 7) is 0.734. The van der Waals surface area contributed by atoms with Gasteiger partial charge < -0.3 is 9.47 Å². The molecular formula is C19H18N6S. The minimum absolute atomic E-state index is 0.683. The van der Waals surface area contributed by atoms with Gasteiger partial charge in [0.2, 0.25) is 5.95 Å². The highest BCUT2D eigenvalue weighted by Crippen LogP contribution is 2.32. The predicted molar refractivity (Wildman–Crippen MR) is 104 cm³/mol. The Labute approximate surface area is 155 Å². The second-order valence-electron chi connectivity index (χ2n) is 5.97. The summed E-state index contributed by atoms with van der Waals surface area (Å²) in [5.74, 6) is 0.683. The molecule has 0 atom stereocenters. The first-order valence-electron chi connectivity index (χ1n) is 8.21. The third-order valence-corrected chi connectivity index (χ3v) is 5.04. The number of aryl methyl sites for hydroxylation is 1. The van der Waals surface area contributed by atoms with Crippen molar-refractivity contribution in [2.45, 2.75) is 6.54 Å². The molecule has 0 aliphatic rings. The van der Waals surface area contributed by atoms with E-state index in [-0.39, 0.29) is 0 Å². The van der Waals surface area contributed by atoms with Crippen LogP contribution in [0.4, 0.5) is 5.95 Å². The average molecular weight is 362 g/mol. The zero-order chi connectivity index (χ0) is 17.9. The van der Waals surface area contributed by atoms with E-state index in [1.54, 1.807) is 29.9 Å². The van der Waals surface area contributed by atoms with Gasteiger partial charge in [-0.1, -0.05) is 6.07 Å². The summed E-state index contributed by atoms with van der Waals surface area (Å²) >= 11 is 1.65. The fourth-order valence-corrected chi connectivity index (χ4v) is 3.49. The monoisotopic (exact) mass is 362 g/mol. The Morgan fingerprint density at radius 2 is 2.04 bits per heavy atom. The van der Waals surface area contributed by atoms with Crippen molar-refractivity contribution in [1.29, 1.82) is 0 Å². The van der Waals surface area contributed by atoms with E-state index in [9.17, 15) is 0 Å². The van der Waals surface area contributed by atoms with Crippen LogP contribution in [0.2, 0.25) is 0 Å². The summed E-state index contributed by atoms with van der Waals surface area (Å²) < 4.78 is 2.10. The molecule has 6 nitrogen and oxygen atoms in total. The normalized spacial score (nSPS) is 10.8. The number of thiophene rings is 1. The molecule has 4 rings (SSSR count). The minimum Gasteiger partial charge on any atom is -0.353 e. The Kier molecular flexibility index (Phi) is 4.45. The van der Waals surface area contributed by atoms with Gasteiger partial charge in [-0.25, -0.2) is 9.97 Å². The summed E-state index contributed by atoms with van der Waals surface area (Å²) in [5.41, 5.74) is 3.74. The van der Waals surface area contributed by atoms with Crippen LogP contribution in [-0.4, -0.2) is 31.6 Å². The number of rotatable bonds is 5. The molecule has 7 heteroatoms. The van der Waals surface area contributed by atoms with E-state index in [0.717, 1.165) is 28.4 Å². The quantitative estimate of drug-likeness (QED) is 0.542. The maximum absolute atomic E-state index is 4.85. The van der Waals surface area contributed by atoms with E-state index in [0.29, 0.717) is 5.95 Å². The van der Waals surface area contributed by atoms with E-state index >= 15 is 0 Å². The molecule has 0 N–H and O–H groups in total. The Morgan fingerprint density at radius 1 is 1.12 bits per heavy atom. The van der Waals surface area contributed by atoms with E-state index in [1.165, 1.54) is 5.69 Å². The maximum Gasteiger partial charge on any atom is 0.226 e. The molecule has 0 fully saturated rings. The summed E-state index contributed by atoms with van der Waals surface area (Å²) in [6, 6.07) is 8.23. The van der Waals surface area contributed by atoms with Crippen LogP contribution < -0.4 is 4.90 Å². The van der Waals surface area contributed by atoms with Crippen molar-refractivity contribution in [1.82, 2.24) is 24.5 Å². The minimum atomic E-state index is 0.683. The molecule has 0 unspecified atom stereocenters. The third-order valence-electron chi connectivity index (χ3n) is 4.16. The van der Waals surface area contributed by atoms with Crippen LogP contribution in [0.3, 0.4) is 0 Å². The lowest BCUT2D eigenvalue weighted by Crippen LogP contribution is -2.20. The molecule has 0 amide bonds. The van der Waals surface area contributed by atoms with Crippen molar-refractivity contribution in [2.24, 2.45) is 7.05 Å². The van der Waals surface area contributed by atoms with Crippen LogP contribution >= 0.6 is 11.3 Å². The molecule has 4 heterocycles. The van der Waals surface area contributed by atoms with E-state index in [4.69, 9.17) is 4.98 Å². The lowest BCUT2D eigenvalue weighted by molar-refractivity contribution is 0.773. The van der Waals surface area contributed by atoms with Gasteiger partial charge >= 0.3 is 0 Å². The summed E-state index contributed by atoms with van der Waals surface area (Å²) in [5, 5.41) is 2.05. The molecule has 0 aliphatic heterocycles. The molecule has 0 spiro atoms. The number of aromatic nitrogens is 5. The summed E-state index contributed by atoms with van der Waals surface area (Å²) in [4.78, 5) is 21.1. The van der Waals surface area contributed by atoms with Crippen LogP contribution in [0.5, 0.6) is 0 Å². The fraction of sp³-hybridized carbons (Fsp3) is 0.158. The molecule has 0 bridgehead atoms. The first kappa shape index (κ1) is 16.4. The second-order valence-corrected chi connectivity index (χ2v) is 6.91. The molecule has 0 radical (unpaired) electrons. The van der Waals surface area contributed by atoms with Crippen LogP contribution in [0.15, 0.2) is 60.6 Å². The summed E-state index contributed by atoms with van der Waals surface area (Å²) in [6.07, 6.45) is 8.96. The third kappa shape index (κ3) is 3.21. The van der Waals surface area contributed by atoms with Gasteiger partial charge in [-0.15, -0.1) is 11.3 Å². The Morgan fingerprint density at radius 3 is 2.73 bits per heavy atom. The van der Waals surface area contributed by atoms with Crippen molar-refractivity contribution in [2.75, 3.05) is 11.9 Å². The Bertz CT molecular complexity index is 994. The van der Waals surface area contributed by atoms with Gasteiger partial charge in [0.05, 0.1) is 29.0 Å². The van der Waals surface area contributed by atoms with Gasteiger partial charge in [0.25, 0.3) is 0 Å². The zero-order valence-corrected chi connectivity index (χ0v) is 15.4. The van der Waals surface area contributed by atoms with Gasteiger partial charge in [-0.3, -0.25) is 9.97 Å². The largest absolute Gasteiger partial charge is 0.353 e. The van der Waals surface area contributed by atoms with Gasteiger partial charge in [-0.05, 0) is 23.6 Å². The Balaban J connectivity index is 1.74. The highest BCUT2D eigenvalue weighted by atomic mass is 32.1. The van der Waals surface area contributed by atoms with Crippen LogP contribution in [0.25, 0.3) is 21.8 Å².